The van der Waals surface area contributed by atoms with Crippen LogP contribution < -0.4 is 4.74 Å². The van der Waals surface area contributed by atoms with Gasteiger partial charge in [0.05, 0.1) is 22.3 Å². The van der Waals surface area contributed by atoms with Crippen molar-refractivity contribution in [1.82, 2.24) is 14.5 Å². The lowest BCUT2D eigenvalue weighted by molar-refractivity contribution is 0.306. The Kier molecular flexibility index (Phi) is 4.96. The summed E-state index contributed by atoms with van der Waals surface area (Å²) in [5, 5.41) is 1.03. The van der Waals surface area contributed by atoms with Crippen molar-refractivity contribution < 1.29 is 9.13 Å². The van der Waals surface area contributed by atoms with E-state index in [0.717, 1.165) is 61.5 Å². The molecule has 0 fully saturated rings. The van der Waals surface area contributed by atoms with Gasteiger partial charge in [-0.3, -0.25) is 0 Å². The number of aryl methyl sites for hydroxylation is 1. The van der Waals surface area contributed by atoms with Gasteiger partial charge >= 0.3 is 0 Å². The molecule has 0 saturated carbocycles. The molecule has 0 bridgehead atoms. The topological polar surface area (TPSA) is 42.8 Å². The van der Waals surface area contributed by atoms with Crippen LogP contribution in [0.5, 0.6) is 5.75 Å². The smallest absolute Gasteiger partial charge is 0.144 e. The van der Waals surface area contributed by atoms with Crippen LogP contribution in [-0.4, -0.2) is 14.5 Å². The number of allylic oxidation sites excluding steroid dienone is 1. The van der Waals surface area contributed by atoms with Crippen LogP contribution in [0.15, 0.2) is 97.1 Å². The molecule has 0 atom stereocenters. The molecule has 1 aliphatic heterocycles. The van der Waals surface area contributed by atoms with Crippen LogP contribution in [0, 0.1) is 12.7 Å². The Balaban J connectivity index is 1.43. The van der Waals surface area contributed by atoms with Crippen LogP contribution in [-0.2, 0) is 13.2 Å². The largest absolute Gasteiger partial charge is 0.489 e. The number of aromatic nitrogens is 3. The number of hydrogen-bond acceptors (Lipinski definition) is 2. The van der Waals surface area contributed by atoms with Crippen LogP contribution in [0.25, 0.3) is 38.9 Å². The normalized spacial score (nSPS) is 12.8. The molecule has 6 aromatic rings. The van der Waals surface area contributed by atoms with E-state index in [1.807, 2.05) is 24.3 Å². The zero-order valence-corrected chi connectivity index (χ0v) is 20.3. The molecule has 180 valence electrons. The van der Waals surface area contributed by atoms with Crippen molar-refractivity contribution in [1.29, 1.82) is 0 Å². The number of rotatable bonds is 4. The van der Waals surface area contributed by atoms with Crippen LogP contribution in [0.3, 0.4) is 0 Å². The molecule has 2 aromatic heterocycles. The van der Waals surface area contributed by atoms with Crippen molar-refractivity contribution in [2.24, 2.45) is 0 Å². The number of imidazole rings is 1. The van der Waals surface area contributed by atoms with Gasteiger partial charge in [0.15, 0.2) is 0 Å². The lowest BCUT2D eigenvalue weighted by atomic mass is 9.98. The van der Waals surface area contributed by atoms with Gasteiger partial charge in [-0.15, -0.1) is 0 Å². The van der Waals surface area contributed by atoms with Crippen molar-refractivity contribution in [2.75, 3.05) is 0 Å². The first-order valence-corrected chi connectivity index (χ1v) is 12.4. The van der Waals surface area contributed by atoms with Gasteiger partial charge in [0, 0.05) is 23.0 Å². The number of ether oxygens (including phenoxy) is 1. The second-order valence-electron chi connectivity index (χ2n) is 9.52. The fourth-order valence-electron chi connectivity index (χ4n) is 5.19. The van der Waals surface area contributed by atoms with Gasteiger partial charge in [0.2, 0.25) is 0 Å². The molecule has 4 nitrogen and oxygen atoms in total. The second-order valence-corrected chi connectivity index (χ2v) is 9.52. The fraction of sp³-hybridized carbons (Fsp3) is 0.0938. The predicted octanol–water partition coefficient (Wildman–Crippen LogP) is 7.66. The summed E-state index contributed by atoms with van der Waals surface area (Å²) in [6, 6.07) is 29.6. The summed E-state index contributed by atoms with van der Waals surface area (Å²) in [4.78, 5) is 8.65. The Hall–Kier alpha value is -4.64. The van der Waals surface area contributed by atoms with Gasteiger partial charge in [-0.25, -0.2) is 9.37 Å². The second kappa shape index (κ2) is 8.49. The van der Waals surface area contributed by atoms with E-state index in [1.54, 1.807) is 12.1 Å². The van der Waals surface area contributed by atoms with Crippen LogP contribution >= 0.6 is 0 Å². The Morgan fingerprint density at radius 3 is 2.62 bits per heavy atom. The fourth-order valence-corrected chi connectivity index (χ4v) is 5.19. The summed E-state index contributed by atoms with van der Waals surface area (Å²) >= 11 is 0. The molecule has 0 amide bonds. The van der Waals surface area contributed by atoms with Crippen molar-refractivity contribution in [3.05, 3.63) is 125 Å². The maximum absolute atomic E-state index is 14.3. The Morgan fingerprint density at radius 1 is 0.946 bits per heavy atom. The highest BCUT2D eigenvalue weighted by atomic mass is 19.1. The molecule has 3 heterocycles. The van der Waals surface area contributed by atoms with E-state index < -0.39 is 0 Å². The third kappa shape index (κ3) is 3.71. The van der Waals surface area contributed by atoms with Crippen molar-refractivity contribution in [3.63, 3.8) is 0 Å². The number of benzene rings is 4. The highest BCUT2D eigenvalue weighted by molar-refractivity contribution is 6.04. The number of halogens is 1. The maximum atomic E-state index is 14.3. The Morgan fingerprint density at radius 2 is 1.78 bits per heavy atom. The molecular weight excluding hydrogens is 461 g/mol. The van der Waals surface area contributed by atoms with Crippen LogP contribution in [0.4, 0.5) is 4.39 Å². The van der Waals surface area contributed by atoms with Crippen LogP contribution in [0.2, 0.25) is 0 Å². The average Bonchev–Trinajstić information content (AvgIpc) is 3.42. The lowest BCUT2D eigenvalue weighted by Gasteiger charge is -2.08. The monoisotopic (exact) mass is 485 g/mol. The zero-order valence-electron chi connectivity index (χ0n) is 20.3. The summed E-state index contributed by atoms with van der Waals surface area (Å²) in [6.45, 7) is 3.17. The van der Waals surface area contributed by atoms with E-state index in [4.69, 9.17) is 9.72 Å². The molecule has 5 heteroatoms. The SMILES string of the molecule is Cc1ccc(C2=CCn3c(nc4ccc(F)cc43)-c3c2[nH]c2ccc(OCc4ccccc4)cc32)cc1. The summed E-state index contributed by atoms with van der Waals surface area (Å²) in [6.07, 6.45) is 2.20. The minimum absolute atomic E-state index is 0.266. The third-order valence-electron chi connectivity index (χ3n) is 7.06. The molecular formula is C32H24FN3O. The van der Waals surface area contributed by atoms with Gasteiger partial charge in [-0.2, -0.15) is 0 Å². The maximum Gasteiger partial charge on any atom is 0.144 e. The summed E-state index contributed by atoms with van der Waals surface area (Å²) in [7, 11) is 0. The predicted molar refractivity (Wildman–Crippen MR) is 146 cm³/mol. The standard InChI is InChI=1S/C32H24FN3O/c1-20-7-9-22(10-8-20)25-15-16-36-29-17-23(33)11-13-28(29)35-32(36)30-26-18-24(12-14-27(26)34-31(25)30)37-19-21-5-3-2-4-6-21/h2-15,17-18,34H,16,19H2,1H3. The molecule has 0 aliphatic carbocycles. The van der Waals surface area contributed by atoms with E-state index >= 15 is 0 Å². The molecule has 7 rings (SSSR count). The van der Waals surface area contributed by atoms with Crippen molar-refractivity contribution in [2.45, 2.75) is 20.1 Å². The van der Waals surface area contributed by atoms with E-state index in [2.05, 4.69) is 71.1 Å². The van der Waals surface area contributed by atoms with E-state index in [-0.39, 0.29) is 5.82 Å². The highest BCUT2D eigenvalue weighted by Crippen LogP contribution is 2.42. The van der Waals surface area contributed by atoms with Gasteiger partial charge < -0.3 is 14.3 Å². The number of nitrogens with one attached hydrogen (secondary N) is 1. The minimum Gasteiger partial charge on any atom is -0.489 e. The molecule has 0 saturated heterocycles. The number of aromatic amines is 1. The number of fused-ring (bicyclic) bond motifs is 7. The molecule has 0 radical (unpaired) electrons. The highest BCUT2D eigenvalue weighted by Gasteiger charge is 2.26. The van der Waals surface area contributed by atoms with Crippen molar-refractivity contribution in [3.8, 4) is 17.1 Å². The first-order chi connectivity index (χ1) is 18.1. The van der Waals surface area contributed by atoms with Crippen molar-refractivity contribution >= 4 is 27.5 Å². The van der Waals surface area contributed by atoms with Gasteiger partial charge in [-0.1, -0.05) is 66.2 Å². The molecule has 1 aliphatic rings. The molecule has 0 unspecified atom stereocenters. The number of nitrogens with zero attached hydrogens (tertiary/aromatic N) is 2. The minimum atomic E-state index is -0.266. The molecule has 0 spiro atoms. The summed E-state index contributed by atoms with van der Waals surface area (Å²) < 4.78 is 22.5. The van der Waals surface area contributed by atoms with Crippen LogP contribution in [0.1, 0.15) is 22.4 Å². The molecule has 37 heavy (non-hydrogen) atoms. The summed E-state index contributed by atoms with van der Waals surface area (Å²) in [5.74, 6) is 1.34. The molecule has 4 aromatic carbocycles. The number of hydrogen-bond donors (Lipinski definition) is 1. The third-order valence-corrected chi connectivity index (χ3v) is 7.06. The zero-order chi connectivity index (χ0) is 24.9. The Bertz CT molecular complexity index is 1810. The summed E-state index contributed by atoms with van der Waals surface area (Å²) in [5.41, 5.74) is 9.13. The Labute approximate surface area is 213 Å². The van der Waals surface area contributed by atoms with Gasteiger partial charge in [0.25, 0.3) is 0 Å². The average molecular weight is 486 g/mol. The van der Waals surface area contributed by atoms with E-state index in [9.17, 15) is 4.39 Å². The quantitative estimate of drug-likeness (QED) is 0.279. The van der Waals surface area contributed by atoms with E-state index in [0.29, 0.717) is 13.2 Å². The van der Waals surface area contributed by atoms with Gasteiger partial charge in [0.1, 0.15) is 24.0 Å². The lowest BCUT2D eigenvalue weighted by Crippen LogP contribution is -1.97. The number of H-pyrrole nitrogens is 1. The first kappa shape index (κ1) is 21.6. The van der Waals surface area contributed by atoms with Gasteiger partial charge in [-0.05, 0) is 54.4 Å². The first-order valence-electron chi connectivity index (χ1n) is 12.4. The molecule has 1 N–H and O–H groups in total. The van der Waals surface area contributed by atoms with E-state index in [1.165, 1.54) is 11.6 Å².